The number of piperazine rings is 1. The molecule has 1 aromatic heterocycles. The third kappa shape index (κ3) is 4.67. The molecule has 2 amide bonds. The fourth-order valence-electron chi connectivity index (χ4n) is 5.21. The highest BCUT2D eigenvalue weighted by molar-refractivity contribution is 6.04. The number of carbonyl (C=O) groups is 2. The standard InChI is InChI=1S/C28H32N4O3/c1-20-9-8-10-22(17-20)32-16-15-31(18-21(32)2)28(34)25-26(35-19-29-25)23-11-4-5-12-24(23)27(33)30-13-6-3-7-14-30/h4-5,8-12,17,19,21H,3,6-7,13-16,18H2,1-2H3/t21-/m0/s1. The highest BCUT2D eigenvalue weighted by Crippen LogP contribution is 2.30. The molecule has 3 aromatic rings. The van der Waals surface area contributed by atoms with Crippen LogP contribution in [0.15, 0.2) is 59.3 Å². The molecule has 1 atom stereocenters. The first kappa shape index (κ1) is 23.1. The highest BCUT2D eigenvalue weighted by atomic mass is 16.3. The molecule has 5 rings (SSSR count). The zero-order chi connectivity index (χ0) is 24.4. The van der Waals surface area contributed by atoms with Crippen LogP contribution < -0.4 is 4.90 Å². The van der Waals surface area contributed by atoms with Crippen LogP contribution in [0.4, 0.5) is 5.69 Å². The minimum atomic E-state index is -0.162. The van der Waals surface area contributed by atoms with Gasteiger partial charge in [-0.3, -0.25) is 9.59 Å². The van der Waals surface area contributed by atoms with Crippen LogP contribution in [0.25, 0.3) is 11.3 Å². The van der Waals surface area contributed by atoms with Gasteiger partial charge in [-0.15, -0.1) is 0 Å². The van der Waals surface area contributed by atoms with Gasteiger partial charge in [-0.1, -0.05) is 30.3 Å². The van der Waals surface area contributed by atoms with Gasteiger partial charge in [0.25, 0.3) is 11.8 Å². The van der Waals surface area contributed by atoms with Crippen molar-refractivity contribution in [3.63, 3.8) is 0 Å². The van der Waals surface area contributed by atoms with Gasteiger partial charge in [0.15, 0.2) is 17.8 Å². The number of hydrogen-bond acceptors (Lipinski definition) is 5. The average molecular weight is 473 g/mol. The molecule has 182 valence electrons. The first-order valence-electron chi connectivity index (χ1n) is 12.5. The summed E-state index contributed by atoms with van der Waals surface area (Å²) in [6, 6.07) is 16.0. The second-order valence-corrected chi connectivity index (χ2v) is 9.56. The molecular weight excluding hydrogens is 440 g/mol. The highest BCUT2D eigenvalue weighted by Gasteiger charge is 2.32. The summed E-state index contributed by atoms with van der Waals surface area (Å²) in [7, 11) is 0. The maximum Gasteiger partial charge on any atom is 0.276 e. The Balaban J connectivity index is 1.37. The maximum absolute atomic E-state index is 13.6. The second kappa shape index (κ2) is 9.94. The van der Waals surface area contributed by atoms with Gasteiger partial charge >= 0.3 is 0 Å². The lowest BCUT2D eigenvalue weighted by Crippen LogP contribution is -2.54. The number of amides is 2. The van der Waals surface area contributed by atoms with E-state index < -0.39 is 0 Å². The second-order valence-electron chi connectivity index (χ2n) is 9.56. The molecule has 0 spiro atoms. The normalized spacial score (nSPS) is 18.6. The van der Waals surface area contributed by atoms with Gasteiger partial charge in [0, 0.05) is 50.0 Å². The Hall–Kier alpha value is -3.61. The van der Waals surface area contributed by atoms with Gasteiger partial charge in [0.05, 0.1) is 5.56 Å². The largest absolute Gasteiger partial charge is 0.443 e. The van der Waals surface area contributed by atoms with E-state index in [4.69, 9.17) is 4.42 Å². The summed E-state index contributed by atoms with van der Waals surface area (Å²) in [4.78, 5) is 37.2. The topological polar surface area (TPSA) is 69.9 Å². The van der Waals surface area contributed by atoms with E-state index in [1.165, 1.54) is 17.6 Å². The van der Waals surface area contributed by atoms with Gasteiger partial charge in [0.2, 0.25) is 0 Å². The molecule has 7 heteroatoms. The van der Waals surface area contributed by atoms with Crippen LogP contribution in [0.2, 0.25) is 0 Å². The molecule has 2 aromatic carbocycles. The van der Waals surface area contributed by atoms with E-state index in [2.05, 4.69) is 48.0 Å². The van der Waals surface area contributed by atoms with E-state index in [-0.39, 0.29) is 23.6 Å². The first-order chi connectivity index (χ1) is 17.0. The van der Waals surface area contributed by atoms with Gasteiger partial charge < -0.3 is 19.1 Å². The number of rotatable bonds is 4. The van der Waals surface area contributed by atoms with Crippen molar-refractivity contribution >= 4 is 17.5 Å². The zero-order valence-electron chi connectivity index (χ0n) is 20.4. The van der Waals surface area contributed by atoms with Crippen LogP contribution in [0, 0.1) is 6.92 Å². The SMILES string of the molecule is Cc1cccc(N2CCN(C(=O)c3ncoc3-c3ccccc3C(=O)N3CCCCC3)C[C@@H]2C)c1. The van der Waals surface area contributed by atoms with E-state index >= 15 is 0 Å². The van der Waals surface area contributed by atoms with Crippen LogP contribution >= 0.6 is 0 Å². The van der Waals surface area contributed by atoms with Crippen LogP contribution in [0.3, 0.4) is 0 Å². The molecule has 0 radical (unpaired) electrons. The third-order valence-electron chi connectivity index (χ3n) is 7.06. The fraction of sp³-hybridized carbons (Fsp3) is 0.393. The van der Waals surface area contributed by atoms with E-state index in [0.717, 1.165) is 38.9 Å². The number of anilines is 1. The van der Waals surface area contributed by atoms with Crippen molar-refractivity contribution in [2.24, 2.45) is 0 Å². The fourth-order valence-corrected chi connectivity index (χ4v) is 5.21. The Bertz CT molecular complexity index is 1210. The number of hydrogen-bond donors (Lipinski definition) is 0. The number of nitrogens with zero attached hydrogens (tertiary/aromatic N) is 4. The van der Waals surface area contributed by atoms with Crippen molar-refractivity contribution in [1.29, 1.82) is 0 Å². The molecule has 0 bridgehead atoms. The summed E-state index contributed by atoms with van der Waals surface area (Å²) >= 11 is 0. The van der Waals surface area contributed by atoms with Crippen molar-refractivity contribution in [3.05, 3.63) is 71.7 Å². The maximum atomic E-state index is 13.6. The predicted octanol–water partition coefficient (Wildman–Crippen LogP) is 4.63. The molecule has 2 fully saturated rings. The minimum Gasteiger partial charge on any atom is -0.443 e. The number of carbonyl (C=O) groups excluding carboxylic acids is 2. The molecule has 2 aliphatic heterocycles. The minimum absolute atomic E-state index is 0.0181. The molecule has 0 saturated carbocycles. The summed E-state index contributed by atoms with van der Waals surface area (Å²) in [5, 5.41) is 0. The first-order valence-corrected chi connectivity index (χ1v) is 12.5. The van der Waals surface area contributed by atoms with E-state index in [9.17, 15) is 9.59 Å². The lowest BCUT2D eigenvalue weighted by atomic mass is 10.0. The Morgan fingerprint density at radius 3 is 2.49 bits per heavy atom. The molecular formula is C28H32N4O3. The number of likely N-dealkylation sites (tertiary alicyclic amines) is 1. The van der Waals surface area contributed by atoms with Gasteiger partial charge in [-0.25, -0.2) is 4.98 Å². The smallest absolute Gasteiger partial charge is 0.276 e. The Morgan fingerprint density at radius 1 is 0.914 bits per heavy atom. The summed E-state index contributed by atoms with van der Waals surface area (Å²) in [6.45, 7) is 7.68. The Morgan fingerprint density at radius 2 is 1.71 bits per heavy atom. The molecule has 0 aliphatic carbocycles. The molecule has 7 nitrogen and oxygen atoms in total. The van der Waals surface area contributed by atoms with Crippen LogP contribution in [-0.4, -0.2) is 65.4 Å². The number of benzene rings is 2. The molecule has 0 N–H and O–H groups in total. The van der Waals surface area contributed by atoms with Crippen molar-refractivity contribution < 1.29 is 14.0 Å². The lowest BCUT2D eigenvalue weighted by Gasteiger charge is -2.41. The summed E-state index contributed by atoms with van der Waals surface area (Å²) < 4.78 is 5.73. The van der Waals surface area contributed by atoms with E-state index in [1.807, 2.05) is 34.1 Å². The molecule has 2 aliphatic rings. The van der Waals surface area contributed by atoms with Crippen molar-refractivity contribution in [1.82, 2.24) is 14.8 Å². The monoisotopic (exact) mass is 472 g/mol. The van der Waals surface area contributed by atoms with Gasteiger partial charge in [-0.05, 0) is 56.9 Å². The van der Waals surface area contributed by atoms with Gasteiger partial charge in [-0.2, -0.15) is 0 Å². The molecule has 2 saturated heterocycles. The van der Waals surface area contributed by atoms with E-state index in [1.54, 1.807) is 0 Å². The summed E-state index contributed by atoms with van der Waals surface area (Å²) in [6.07, 6.45) is 4.50. The lowest BCUT2D eigenvalue weighted by molar-refractivity contribution is 0.0713. The Labute approximate surface area is 206 Å². The van der Waals surface area contributed by atoms with Crippen molar-refractivity contribution in [2.45, 2.75) is 39.2 Å². The zero-order valence-corrected chi connectivity index (χ0v) is 20.4. The number of aryl methyl sites for hydroxylation is 1. The number of aromatic nitrogens is 1. The average Bonchev–Trinajstić information content (AvgIpc) is 3.38. The predicted molar refractivity (Wildman–Crippen MR) is 136 cm³/mol. The van der Waals surface area contributed by atoms with Crippen molar-refractivity contribution in [3.8, 4) is 11.3 Å². The van der Waals surface area contributed by atoms with Crippen molar-refractivity contribution in [2.75, 3.05) is 37.6 Å². The van der Waals surface area contributed by atoms with Crippen LogP contribution in [-0.2, 0) is 0 Å². The molecule has 3 heterocycles. The summed E-state index contributed by atoms with van der Waals surface area (Å²) in [5.74, 6) is 0.185. The van der Waals surface area contributed by atoms with Crippen LogP contribution in [0.1, 0.15) is 52.6 Å². The number of piperidine rings is 1. The molecule has 0 unspecified atom stereocenters. The van der Waals surface area contributed by atoms with Crippen LogP contribution in [0.5, 0.6) is 0 Å². The van der Waals surface area contributed by atoms with E-state index in [0.29, 0.717) is 30.0 Å². The Kier molecular flexibility index (Phi) is 6.57. The van der Waals surface area contributed by atoms with Gasteiger partial charge in [0.1, 0.15) is 0 Å². The third-order valence-corrected chi connectivity index (χ3v) is 7.06. The summed E-state index contributed by atoms with van der Waals surface area (Å²) in [5.41, 5.74) is 3.84. The number of oxazole rings is 1. The molecule has 35 heavy (non-hydrogen) atoms. The quantitative estimate of drug-likeness (QED) is 0.554.